The fraction of sp³-hybridized carbons (Fsp3) is 0.556. The second-order valence-corrected chi connectivity index (χ2v) is 3.18. The van der Waals surface area contributed by atoms with Crippen molar-refractivity contribution in [2.45, 2.75) is 6.42 Å². The van der Waals surface area contributed by atoms with E-state index in [2.05, 4.69) is 15.3 Å². The van der Waals surface area contributed by atoms with Crippen molar-refractivity contribution in [1.82, 2.24) is 9.97 Å². The van der Waals surface area contributed by atoms with Gasteiger partial charge in [-0.05, 0) is 6.42 Å². The zero-order valence-corrected chi connectivity index (χ0v) is 9.00. The summed E-state index contributed by atoms with van der Waals surface area (Å²) in [7, 11) is 0. The van der Waals surface area contributed by atoms with Gasteiger partial charge in [-0.2, -0.15) is 0 Å². The molecule has 4 nitrogen and oxygen atoms in total. The van der Waals surface area contributed by atoms with E-state index >= 15 is 0 Å². The van der Waals surface area contributed by atoms with Crippen LogP contribution in [0.2, 0.25) is 0 Å². The Balaban J connectivity index is 2.07. The summed E-state index contributed by atoms with van der Waals surface area (Å²) in [5, 5.41) is 2.95. The Labute approximate surface area is 92.8 Å². The molecular weight excluding hydrogens is 221 g/mol. The number of halogens is 2. The molecule has 0 aromatic carbocycles. The number of nitrogens with zero attached hydrogens (tertiary/aromatic N) is 2. The third kappa shape index (κ3) is 5.49. The lowest BCUT2D eigenvalue weighted by Gasteiger charge is -2.04. The first kappa shape index (κ1) is 12.1. The van der Waals surface area contributed by atoms with Crippen molar-refractivity contribution in [2.24, 2.45) is 0 Å². The Bertz CT molecular complexity index is 271. The average Bonchev–Trinajstić information content (AvgIpc) is 2.26. The van der Waals surface area contributed by atoms with E-state index in [1.54, 1.807) is 0 Å². The van der Waals surface area contributed by atoms with Gasteiger partial charge in [0.1, 0.15) is 0 Å². The van der Waals surface area contributed by atoms with E-state index in [1.807, 2.05) is 0 Å². The van der Waals surface area contributed by atoms with Gasteiger partial charge in [-0.25, -0.2) is 14.4 Å². The predicted octanol–water partition coefficient (Wildman–Crippen LogP) is 1.67. The molecule has 0 radical (unpaired) electrons. The van der Waals surface area contributed by atoms with E-state index in [-0.39, 0.29) is 0 Å². The van der Waals surface area contributed by atoms with Gasteiger partial charge in [0.15, 0.2) is 5.82 Å². The molecule has 0 aliphatic heterocycles. The molecule has 0 aliphatic carbocycles. The number of ether oxygens (including phenoxy) is 1. The minimum Gasteiger partial charge on any atom is -0.380 e. The predicted molar refractivity (Wildman–Crippen MR) is 56.6 cm³/mol. The Morgan fingerprint density at radius 3 is 2.73 bits per heavy atom. The summed E-state index contributed by atoms with van der Waals surface area (Å²) in [5.41, 5.74) is 0. The topological polar surface area (TPSA) is 47.0 Å². The van der Waals surface area contributed by atoms with E-state index < -0.39 is 5.82 Å². The van der Waals surface area contributed by atoms with Crippen LogP contribution >= 0.6 is 11.6 Å². The molecule has 84 valence electrons. The first-order valence-electron chi connectivity index (χ1n) is 4.68. The highest BCUT2D eigenvalue weighted by Crippen LogP contribution is 1.97. The molecule has 0 fully saturated rings. The first-order chi connectivity index (χ1) is 7.33. The van der Waals surface area contributed by atoms with Crippen molar-refractivity contribution in [3.8, 4) is 0 Å². The molecule has 0 unspecified atom stereocenters. The Morgan fingerprint density at radius 1 is 1.33 bits per heavy atom. The van der Waals surface area contributed by atoms with E-state index in [0.29, 0.717) is 31.6 Å². The van der Waals surface area contributed by atoms with Gasteiger partial charge in [-0.3, -0.25) is 0 Å². The SMILES string of the molecule is Fc1cnc(NCCCOCCCl)nc1. The molecule has 0 bridgehead atoms. The average molecular weight is 234 g/mol. The third-order valence-electron chi connectivity index (χ3n) is 1.59. The number of hydrogen-bond acceptors (Lipinski definition) is 4. The lowest BCUT2D eigenvalue weighted by Crippen LogP contribution is -2.08. The van der Waals surface area contributed by atoms with Crippen LogP contribution in [-0.2, 0) is 4.74 Å². The van der Waals surface area contributed by atoms with E-state index in [1.165, 1.54) is 0 Å². The van der Waals surface area contributed by atoms with Crippen LogP contribution in [0.5, 0.6) is 0 Å². The molecule has 6 heteroatoms. The summed E-state index contributed by atoms with van der Waals surface area (Å²) >= 11 is 5.43. The molecule has 0 saturated carbocycles. The smallest absolute Gasteiger partial charge is 0.222 e. The number of hydrogen-bond donors (Lipinski definition) is 1. The lowest BCUT2D eigenvalue weighted by atomic mass is 10.4. The fourth-order valence-corrected chi connectivity index (χ4v) is 1.04. The summed E-state index contributed by atoms with van der Waals surface area (Å²) < 4.78 is 17.6. The number of nitrogens with one attached hydrogen (secondary N) is 1. The Morgan fingerprint density at radius 2 is 2.07 bits per heavy atom. The van der Waals surface area contributed by atoms with Crippen molar-refractivity contribution in [1.29, 1.82) is 0 Å². The lowest BCUT2D eigenvalue weighted by molar-refractivity contribution is 0.149. The maximum Gasteiger partial charge on any atom is 0.222 e. The maximum atomic E-state index is 12.4. The van der Waals surface area contributed by atoms with Gasteiger partial charge >= 0.3 is 0 Å². The van der Waals surface area contributed by atoms with Crippen LogP contribution in [0.4, 0.5) is 10.3 Å². The molecule has 0 aliphatic rings. The molecule has 0 amide bonds. The van der Waals surface area contributed by atoms with Crippen molar-refractivity contribution < 1.29 is 9.13 Å². The second-order valence-electron chi connectivity index (χ2n) is 2.81. The fourth-order valence-electron chi connectivity index (χ4n) is 0.935. The molecule has 1 rings (SSSR count). The number of rotatable bonds is 7. The molecule has 1 heterocycles. The molecule has 15 heavy (non-hydrogen) atoms. The molecule has 0 saturated heterocycles. The standard InChI is InChI=1S/C9H13ClFN3O/c10-2-5-15-4-1-3-12-9-13-6-8(11)7-14-9/h6-7H,1-5H2,(H,12,13,14). The molecule has 0 spiro atoms. The number of alkyl halides is 1. The van der Waals surface area contributed by atoms with Crippen molar-refractivity contribution in [3.05, 3.63) is 18.2 Å². The van der Waals surface area contributed by atoms with Crippen LogP contribution in [0.1, 0.15) is 6.42 Å². The summed E-state index contributed by atoms with van der Waals surface area (Å²) in [6.07, 6.45) is 3.08. The molecule has 1 aromatic rings. The van der Waals surface area contributed by atoms with Crippen molar-refractivity contribution >= 4 is 17.5 Å². The third-order valence-corrected chi connectivity index (χ3v) is 1.74. The highest BCUT2D eigenvalue weighted by molar-refractivity contribution is 6.17. The summed E-state index contributed by atoms with van der Waals surface area (Å²) in [6, 6.07) is 0. The van der Waals surface area contributed by atoms with E-state index in [9.17, 15) is 4.39 Å². The largest absolute Gasteiger partial charge is 0.380 e. The van der Waals surface area contributed by atoms with Gasteiger partial charge in [0.25, 0.3) is 0 Å². The quantitative estimate of drug-likeness (QED) is 0.575. The zero-order valence-electron chi connectivity index (χ0n) is 8.25. The van der Waals surface area contributed by atoms with E-state index in [4.69, 9.17) is 16.3 Å². The van der Waals surface area contributed by atoms with Gasteiger partial charge in [0.05, 0.1) is 19.0 Å². The zero-order chi connectivity index (χ0) is 10.9. The maximum absolute atomic E-state index is 12.4. The van der Waals surface area contributed by atoms with Crippen LogP contribution in [0.3, 0.4) is 0 Å². The Hall–Kier alpha value is -0.940. The monoisotopic (exact) mass is 233 g/mol. The minimum atomic E-state index is -0.439. The first-order valence-corrected chi connectivity index (χ1v) is 5.21. The minimum absolute atomic E-state index is 0.425. The van der Waals surface area contributed by atoms with Gasteiger partial charge in [-0.1, -0.05) is 0 Å². The Kier molecular flexibility index (Phi) is 5.96. The summed E-state index contributed by atoms with van der Waals surface area (Å²) in [6.45, 7) is 1.89. The van der Waals surface area contributed by atoms with Crippen LogP contribution in [0.25, 0.3) is 0 Å². The number of anilines is 1. The molecule has 1 N–H and O–H groups in total. The van der Waals surface area contributed by atoms with E-state index in [0.717, 1.165) is 18.8 Å². The van der Waals surface area contributed by atoms with Gasteiger partial charge in [0.2, 0.25) is 5.95 Å². The highest BCUT2D eigenvalue weighted by Gasteiger charge is 1.95. The number of aromatic nitrogens is 2. The summed E-state index contributed by atoms with van der Waals surface area (Å²) in [4.78, 5) is 7.51. The van der Waals surface area contributed by atoms with Crippen LogP contribution in [0, 0.1) is 5.82 Å². The normalized spacial score (nSPS) is 10.3. The van der Waals surface area contributed by atoms with Crippen molar-refractivity contribution in [3.63, 3.8) is 0 Å². The van der Waals surface area contributed by atoms with Crippen LogP contribution < -0.4 is 5.32 Å². The highest BCUT2D eigenvalue weighted by atomic mass is 35.5. The van der Waals surface area contributed by atoms with Gasteiger partial charge in [0, 0.05) is 19.0 Å². The molecule has 0 atom stereocenters. The van der Waals surface area contributed by atoms with Crippen LogP contribution in [0.15, 0.2) is 12.4 Å². The molecular formula is C9H13ClFN3O. The van der Waals surface area contributed by atoms with Crippen LogP contribution in [-0.4, -0.2) is 35.6 Å². The molecule has 1 aromatic heterocycles. The summed E-state index contributed by atoms with van der Waals surface area (Å²) in [5.74, 6) is 0.494. The van der Waals surface area contributed by atoms with Gasteiger partial charge in [-0.15, -0.1) is 11.6 Å². The second kappa shape index (κ2) is 7.36. The van der Waals surface area contributed by atoms with Gasteiger partial charge < -0.3 is 10.1 Å². The van der Waals surface area contributed by atoms with Crippen molar-refractivity contribution in [2.75, 3.05) is 31.0 Å².